The Balaban J connectivity index is 1.77. The maximum atomic E-state index is 12.6. The molecule has 0 spiro atoms. The van der Waals surface area contributed by atoms with Crippen molar-refractivity contribution in [3.8, 4) is 5.75 Å². The number of aromatic nitrogens is 1. The van der Waals surface area contributed by atoms with E-state index in [-0.39, 0.29) is 18.0 Å². The number of hydrogen-bond donors (Lipinski definition) is 1. The Labute approximate surface area is 130 Å². The number of ketones is 1. The lowest BCUT2D eigenvalue weighted by atomic mass is 10.1. The molecule has 1 aliphatic rings. The smallest absolute Gasteiger partial charge is 0.178 e. The van der Waals surface area contributed by atoms with E-state index in [0.29, 0.717) is 6.54 Å². The van der Waals surface area contributed by atoms with Gasteiger partial charge in [0.15, 0.2) is 5.78 Å². The fourth-order valence-electron chi connectivity index (χ4n) is 3.16. The van der Waals surface area contributed by atoms with Crippen molar-refractivity contribution in [2.75, 3.05) is 26.7 Å². The second kappa shape index (κ2) is 6.10. The van der Waals surface area contributed by atoms with Gasteiger partial charge in [0.2, 0.25) is 0 Å². The van der Waals surface area contributed by atoms with Crippen LogP contribution in [0.25, 0.3) is 10.9 Å². The number of H-pyrrole nitrogens is 1. The first-order valence-electron chi connectivity index (χ1n) is 7.63. The summed E-state index contributed by atoms with van der Waals surface area (Å²) < 4.78 is 10.9. The second-order valence-electron chi connectivity index (χ2n) is 5.99. The lowest BCUT2D eigenvalue weighted by molar-refractivity contribution is -0.0652. The number of nitrogens with zero attached hydrogens (tertiary/aromatic N) is 1. The van der Waals surface area contributed by atoms with Crippen LogP contribution in [-0.4, -0.2) is 54.6 Å². The zero-order chi connectivity index (χ0) is 15.7. The van der Waals surface area contributed by atoms with Crippen molar-refractivity contribution in [3.63, 3.8) is 0 Å². The summed E-state index contributed by atoms with van der Waals surface area (Å²) in [6, 6.07) is 5.72. The van der Waals surface area contributed by atoms with Crippen LogP contribution < -0.4 is 4.74 Å². The number of ether oxygens (including phenoxy) is 2. The summed E-state index contributed by atoms with van der Waals surface area (Å²) in [4.78, 5) is 17.9. The molecule has 1 aromatic carbocycles. The van der Waals surface area contributed by atoms with Gasteiger partial charge in [-0.25, -0.2) is 0 Å². The van der Waals surface area contributed by atoms with Crippen LogP contribution in [0.5, 0.6) is 5.75 Å². The normalized spacial score (nSPS) is 22.9. The van der Waals surface area contributed by atoms with Crippen molar-refractivity contribution in [1.82, 2.24) is 9.88 Å². The van der Waals surface area contributed by atoms with E-state index < -0.39 is 0 Å². The number of methoxy groups -OCH3 is 1. The van der Waals surface area contributed by atoms with Crippen molar-refractivity contribution in [2.45, 2.75) is 26.1 Å². The minimum Gasteiger partial charge on any atom is -0.497 e. The summed E-state index contributed by atoms with van der Waals surface area (Å²) in [5.74, 6) is 0.918. The van der Waals surface area contributed by atoms with E-state index in [1.807, 2.05) is 32.0 Å². The van der Waals surface area contributed by atoms with Crippen LogP contribution in [0.1, 0.15) is 24.2 Å². The first-order chi connectivity index (χ1) is 10.6. The SMILES string of the molecule is COc1ccc2c(C(=O)CN3C[C@@H](C)O[C@H](C)C3)c[nH]c2c1. The quantitative estimate of drug-likeness (QED) is 0.882. The third-order valence-electron chi connectivity index (χ3n) is 4.05. The van der Waals surface area contributed by atoms with Gasteiger partial charge in [-0.1, -0.05) is 0 Å². The predicted octanol–water partition coefficient (Wildman–Crippen LogP) is 2.47. The summed E-state index contributed by atoms with van der Waals surface area (Å²) in [5.41, 5.74) is 1.66. The second-order valence-corrected chi connectivity index (χ2v) is 5.99. The zero-order valence-corrected chi connectivity index (χ0v) is 13.3. The largest absolute Gasteiger partial charge is 0.497 e. The number of carbonyl (C=O) groups excluding carboxylic acids is 1. The molecule has 1 N–H and O–H groups in total. The van der Waals surface area contributed by atoms with Crippen molar-refractivity contribution in [3.05, 3.63) is 30.0 Å². The van der Waals surface area contributed by atoms with E-state index >= 15 is 0 Å². The third-order valence-corrected chi connectivity index (χ3v) is 4.05. The number of carbonyl (C=O) groups is 1. The minimum absolute atomic E-state index is 0.137. The Hall–Kier alpha value is -1.85. The molecule has 0 saturated carbocycles. The monoisotopic (exact) mass is 302 g/mol. The highest BCUT2D eigenvalue weighted by Gasteiger charge is 2.24. The molecule has 1 saturated heterocycles. The Morgan fingerprint density at radius 1 is 1.36 bits per heavy atom. The maximum absolute atomic E-state index is 12.6. The van der Waals surface area contributed by atoms with Crippen LogP contribution in [0.15, 0.2) is 24.4 Å². The van der Waals surface area contributed by atoms with E-state index in [4.69, 9.17) is 9.47 Å². The van der Waals surface area contributed by atoms with Crippen molar-refractivity contribution < 1.29 is 14.3 Å². The van der Waals surface area contributed by atoms with Crippen molar-refractivity contribution >= 4 is 16.7 Å². The fraction of sp³-hybridized carbons (Fsp3) is 0.471. The fourth-order valence-corrected chi connectivity index (χ4v) is 3.16. The number of Topliss-reactive ketones (excluding diaryl/α,β-unsaturated/α-hetero) is 1. The average Bonchev–Trinajstić information content (AvgIpc) is 2.88. The number of hydrogen-bond acceptors (Lipinski definition) is 4. The zero-order valence-electron chi connectivity index (χ0n) is 13.3. The minimum atomic E-state index is 0.137. The van der Waals surface area contributed by atoms with Crippen LogP contribution in [0, 0.1) is 0 Å². The highest BCUT2D eigenvalue weighted by atomic mass is 16.5. The number of benzene rings is 1. The molecule has 5 heteroatoms. The molecule has 3 rings (SSSR count). The summed E-state index contributed by atoms with van der Waals surface area (Å²) in [5, 5.41) is 0.945. The molecule has 0 unspecified atom stereocenters. The maximum Gasteiger partial charge on any atom is 0.178 e. The number of morpholine rings is 1. The number of aromatic amines is 1. The van der Waals surface area contributed by atoms with E-state index in [1.54, 1.807) is 13.3 Å². The molecule has 1 aliphatic heterocycles. The third kappa shape index (κ3) is 3.00. The van der Waals surface area contributed by atoms with Gasteiger partial charge in [0, 0.05) is 41.8 Å². The van der Waals surface area contributed by atoms with Crippen LogP contribution in [-0.2, 0) is 4.74 Å². The molecule has 2 aromatic rings. The summed E-state index contributed by atoms with van der Waals surface area (Å²) in [7, 11) is 1.64. The number of nitrogens with one attached hydrogen (secondary N) is 1. The van der Waals surface area contributed by atoms with Crippen molar-refractivity contribution in [2.24, 2.45) is 0 Å². The lowest BCUT2D eigenvalue weighted by Crippen LogP contribution is -2.47. The molecule has 5 nitrogen and oxygen atoms in total. The van der Waals surface area contributed by atoms with E-state index in [9.17, 15) is 4.79 Å². The highest BCUT2D eigenvalue weighted by Crippen LogP contribution is 2.24. The van der Waals surface area contributed by atoms with E-state index in [2.05, 4.69) is 9.88 Å². The van der Waals surface area contributed by atoms with Crippen molar-refractivity contribution in [1.29, 1.82) is 0 Å². The first kappa shape index (κ1) is 15.1. The summed E-state index contributed by atoms with van der Waals surface area (Å²) >= 11 is 0. The van der Waals surface area contributed by atoms with Gasteiger partial charge in [-0.3, -0.25) is 9.69 Å². The topological polar surface area (TPSA) is 54.6 Å². The Bertz CT molecular complexity index is 670. The summed E-state index contributed by atoms with van der Waals surface area (Å²) in [6.45, 7) is 6.12. The first-order valence-corrected chi connectivity index (χ1v) is 7.63. The highest BCUT2D eigenvalue weighted by molar-refractivity contribution is 6.09. The van der Waals surface area contributed by atoms with E-state index in [0.717, 1.165) is 35.3 Å². The van der Waals surface area contributed by atoms with Gasteiger partial charge in [-0.05, 0) is 26.0 Å². The molecule has 22 heavy (non-hydrogen) atoms. The van der Waals surface area contributed by atoms with Gasteiger partial charge in [0.05, 0.1) is 25.9 Å². The van der Waals surface area contributed by atoms with Gasteiger partial charge < -0.3 is 14.5 Å². The van der Waals surface area contributed by atoms with Crippen LogP contribution in [0.2, 0.25) is 0 Å². The van der Waals surface area contributed by atoms with Crippen LogP contribution in [0.4, 0.5) is 0 Å². The molecule has 0 bridgehead atoms. The summed E-state index contributed by atoms with van der Waals surface area (Å²) in [6.07, 6.45) is 2.13. The molecule has 0 aliphatic carbocycles. The molecule has 2 atom stereocenters. The molecule has 0 radical (unpaired) electrons. The molecule has 2 heterocycles. The lowest BCUT2D eigenvalue weighted by Gasteiger charge is -2.34. The van der Waals surface area contributed by atoms with Gasteiger partial charge in [-0.15, -0.1) is 0 Å². The van der Waals surface area contributed by atoms with Gasteiger partial charge >= 0.3 is 0 Å². The number of rotatable bonds is 4. The van der Waals surface area contributed by atoms with Gasteiger partial charge in [0.1, 0.15) is 5.75 Å². The molecule has 118 valence electrons. The average molecular weight is 302 g/mol. The van der Waals surface area contributed by atoms with Crippen LogP contribution >= 0.6 is 0 Å². The van der Waals surface area contributed by atoms with Crippen LogP contribution in [0.3, 0.4) is 0 Å². The number of fused-ring (bicyclic) bond motifs is 1. The Morgan fingerprint density at radius 3 is 2.77 bits per heavy atom. The molecule has 1 fully saturated rings. The van der Waals surface area contributed by atoms with E-state index in [1.165, 1.54) is 0 Å². The Kier molecular flexibility index (Phi) is 4.18. The van der Waals surface area contributed by atoms with Gasteiger partial charge in [-0.2, -0.15) is 0 Å². The predicted molar refractivity (Wildman–Crippen MR) is 85.6 cm³/mol. The van der Waals surface area contributed by atoms with Gasteiger partial charge in [0.25, 0.3) is 0 Å². The molecule has 1 aromatic heterocycles. The molecular weight excluding hydrogens is 280 g/mol. The molecular formula is C17H22N2O3. The Morgan fingerprint density at radius 2 is 2.09 bits per heavy atom. The molecule has 0 amide bonds. The standard InChI is InChI=1S/C17H22N2O3/c1-11-8-19(9-12(2)22-11)10-17(20)15-7-18-16-6-13(21-3)4-5-14(15)16/h4-7,11-12,18H,8-10H2,1-3H3/t11-,12-/m1/s1.